The Balaban J connectivity index is 2.51. The van der Waals surface area contributed by atoms with Crippen molar-refractivity contribution in [3.63, 3.8) is 0 Å². The van der Waals surface area contributed by atoms with Gasteiger partial charge in [0.1, 0.15) is 6.61 Å². The normalized spacial score (nSPS) is 11.1. The summed E-state index contributed by atoms with van der Waals surface area (Å²) in [5, 5.41) is 28.3. The number of aromatic nitrogens is 3. The number of nitrogens with zero attached hydrogens (tertiary/aromatic N) is 4. The smallest absolute Gasteiger partial charge is 0.269 e. The third-order valence-corrected chi connectivity index (χ3v) is 3.18. The van der Waals surface area contributed by atoms with Gasteiger partial charge in [0.15, 0.2) is 11.6 Å². The fourth-order valence-corrected chi connectivity index (χ4v) is 2.22. The standard InChI is InChI=1S/C14H18N4O3/c1-9(2)7-17-13(8-19)15-16-14(17)12-5-4-11(18(20)21)6-10(12)3/h4-6,9,19H,7-8H2,1-3H3. The number of hydrogen-bond acceptors (Lipinski definition) is 5. The van der Waals surface area contributed by atoms with Crippen molar-refractivity contribution in [1.29, 1.82) is 0 Å². The zero-order valence-electron chi connectivity index (χ0n) is 12.3. The first-order valence-electron chi connectivity index (χ1n) is 6.72. The molecule has 0 atom stereocenters. The van der Waals surface area contributed by atoms with Crippen LogP contribution < -0.4 is 0 Å². The van der Waals surface area contributed by atoms with Crippen LogP contribution >= 0.6 is 0 Å². The van der Waals surface area contributed by atoms with Gasteiger partial charge >= 0.3 is 0 Å². The van der Waals surface area contributed by atoms with Crippen LogP contribution in [0, 0.1) is 23.0 Å². The third-order valence-electron chi connectivity index (χ3n) is 3.18. The molecule has 1 heterocycles. The van der Waals surface area contributed by atoms with Gasteiger partial charge in [0.2, 0.25) is 0 Å². The molecule has 1 aromatic carbocycles. The van der Waals surface area contributed by atoms with Crippen molar-refractivity contribution >= 4 is 5.69 Å². The van der Waals surface area contributed by atoms with E-state index in [4.69, 9.17) is 0 Å². The lowest BCUT2D eigenvalue weighted by molar-refractivity contribution is -0.384. The Bertz CT molecular complexity index is 664. The molecule has 0 radical (unpaired) electrons. The number of nitro benzene ring substituents is 1. The molecule has 0 bridgehead atoms. The molecule has 21 heavy (non-hydrogen) atoms. The van der Waals surface area contributed by atoms with Crippen LogP contribution in [0.4, 0.5) is 5.69 Å². The summed E-state index contributed by atoms with van der Waals surface area (Å²) in [6, 6.07) is 4.65. The average molecular weight is 290 g/mol. The second kappa shape index (κ2) is 6.01. The van der Waals surface area contributed by atoms with Crippen molar-refractivity contribution in [1.82, 2.24) is 14.8 Å². The topological polar surface area (TPSA) is 94.1 Å². The second-order valence-corrected chi connectivity index (χ2v) is 5.36. The molecule has 0 spiro atoms. The maximum Gasteiger partial charge on any atom is 0.269 e. The van der Waals surface area contributed by atoms with Crippen LogP contribution in [0.25, 0.3) is 11.4 Å². The first-order valence-corrected chi connectivity index (χ1v) is 6.72. The molecule has 0 saturated heterocycles. The summed E-state index contributed by atoms with van der Waals surface area (Å²) in [6.45, 7) is 6.41. The first kappa shape index (κ1) is 15.1. The molecular weight excluding hydrogens is 272 g/mol. The molecule has 7 heteroatoms. The van der Waals surface area contributed by atoms with Crippen molar-refractivity contribution in [3.05, 3.63) is 39.7 Å². The van der Waals surface area contributed by atoms with E-state index in [1.165, 1.54) is 12.1 Å². The Hall–Kier alpha value is -2.28. The fraction of sp³-hybridized carbons (Fsp3) is 0.429. The molecule has 0 aliphatic carbocycles. The Morgan fingerprint density at radius 1 is 1.38 bits per heavy atom. The van der Waals surface area contributed by atoms with Gasteiger partial charge in [-0.15, -0.1) is 10.2 Å². The zero-order chi connectivity index (χ0) is 15.6. The summed E-state index contributed by atoms with van der Waals surface area (Å²) >= 11 is 0. The number of non-ortho nitro benzene ring substituents is 1. The van der Waals surface area contributed by atoms with Gasteiger partial charge in [-0.25, -0.2) is 0 Å². The highest BCUT2D eigenvalue weighted by molar-refractivity contribution is 5.63. The number of hydrogen-bond donors (Lipinski definition) is 1. The van der Waals surface area contributed by atoms with Crippen molar-refractivity contribution in [2.75, 3.05) is 0 Å². The van der Waals surface area contributed by atoms with E-state index in [0.29, 0.717) is 24.1 Å². The molecule has 0 aliphatic rings. The minimum atomic E-state index is -0.422. The Morgan fingerprint density at radius 3 is 2.62 bits per heavy atom. The lowest BCUT2D eigenvalue weighted by Crippen LogP contribution is -2.10. The van der Waals surface area contributed by atoms with Crippen LogP contribution in [0.15, 0.2) is 18.2 Å². The molecule has 1 aromatic heterocycles. The molecular formula is C14H18N4O3. The minimum absolute atomic E-state index is 0.0496. The number of aliphatic hydroxyl groups excluding tert-OH is 1. The van der Waals surface area contributed by atoms with Crippen molar-refractivity contribution in [2.24, 2.45) is 5.92 Å². The van der Waals surface area contributed by atoms with E-state index < -0.39 is 4.92 Å². The van der Waals surface area contributed by atoms with Crippen LogP contribution in [0.3, 0.4) is 0 Å². The number of aliphatic hydroxyl groups is 1. The second-order valence-electron chi connectivity index (χ2n) is 5.36. The predicted octanol–water partition coefficient (Wildman–Crippen LogP) is 2.31. The number of aryl methyl sites for hydroxylation is 1. The summed E-state index contributed by atoms with van der Waals surface area (Å²) in [4.78, 5) is 10.4. The molecule has 2 aromatic rings. The first-order chi connectivity index (χ1) is 9.93. The summed E-state index contributed by atoms with van der Waals surface area (Å²) in [5.74, 6) is 1.49. The van der Waals surface area contributed by atoms with E-state index in [9.17, 15) is 15.2 Å². The van der Waals surface area contributed by atoms with Gasteiger partial charge in [0.25, 0.3) is 5.69 Å². The van der Waals surface area contributed by atoms with Gasteiger partial charge in [0.05, 0.1) is 4.92 Å². The monoisotopic (exact) mass is 290 g/mol. The average Bonchev–Trinajstić information content (AvgIpc) is 2.80. The van der Waals surface area contributed by atoms with Crippen LogP contribution in [0.5, 0.6) is 0 Å². The molecule has 0 amide bonds. The van der Waals surface area contributed by atoms with E-state index in [1.54, 1.807) is 13.0 Å². The van der Waals surface area contributed by atoms with Crippen LogP contribution in [-0.4, -0.2) is 24.8 Å². The van der Waals surface area contributed by atoms with Gasteiger partial charge in [-0.05, 0) is 24.5 Å². The minimum Gasteiger partial charge on any atom is -0.388 e. The van der Waals surface area contributed by atoms with Gasteiger partial charge in [0, 0.05) is 24.2 Å². The van der Waals surface area contributed by atoms with Gasteiger partial charge in [-0.1, -0.05) is 13.8 Å². The fourth-order valence-electron chi connectivity index (χ4n) is 2.22. The summed E-state index contributed by atoms with van der Waals surface area (Å²) in [7, 11) is 0. The molecule has 0 unspecified atom stereocenters. The predicted molar refractivity (Wildman–Crippen MR) is 77.6 cm³/mol. The van der Waals surface area contributed by atoms with Crippen molar-refractivity contribution in [2.45, 2.75) is 33.9 Å². The summed E-state index contributed by atoms with van der Waals surface area (Å²) in [6.07, 6.45) is 0. The Labute approximate surface area is 122 Å². The van der Waals surface area contributed by atoms with E-state index in [2.05, 4.69) is 24.0 Å². The van der Waals surface area contributed by atoms with Crippen LogP contribution in [0.1, 0.15) is 25.2 Å². The largest absolute Gasteiger partial charge is 0.388 e. The maximum absolute atomic E-state index is 10.8. The third kappa shape index (κ3) is 3.08. The van der Waals surface area contributed by atoms with Crippen molar-refractivity contribution < 1.29 is 10.0 Å². The molecule has 7 nitrogen and oxygen atoms in total. The van der Waals surface area contributed by atoms with Crippen LogP contribution in [0.2, 0.25) is 0 Å². The van der Waals surface area contributed by atoms with Crippen molar-refractivity contribution in [3.8, 4) is 11.4 Å². The van der Waals surface area contributed by atoms with Gasteiger partial charge in [-0.3, -0.25) is 10.1 Å². The number of benzene rings is 1. The highest BCUT2D eigenvalue weighted by atomic mass is 16.6. The van der Waals surface area contributed by atoms with E-state index >= 15 is 0 Å². The molecule has 0 saturated carbocycles. The lowest BCUT2D eigenvalue weighted by atomic mass is 10.1. The summed E-state index contributed by atoms with van der Waals surface area (Å²) < 4.78 is 1.86. The Morgan fingerprint density at radius 2 is 2.10 bits per heavy atom. The highest BCUT2D eigenvalue weighted by Gasteiger charge is 2.17. The SMILES string of the molecule is Cc1cc([N+](=O)[O-])ccc1-c1nnc(CO)n1CC(C)C. The lowest BCUT2D eigenvalue weighted by Gasteiger charge is -2.13. The maximum atomic E-state index is 10.8. The quantitative estimate of drug-likeness (QED) is 0.673. The molecule has 0 fully saturated rings. The summed E-state index contributed by atoms with van der Waals surface area (Å²) in [5.41, 5.74) is 1.59. The highest BCUT2D eigenvalue weighted by Crippen LogP contribution is 2.26. The molecule has 1 N–H and O–H groups in total. The molecule has 0 aliphatic heterocycles. The van der Waals surface area contributed by atoms with Crippen LogP contribution in [-0.2, 0) is 13.2 Å². The van der Waals surface area contributed by atoms with E-state index in [0.717, 1.165) is 11.1 Å². The molecule has 112 valence electrons. The zero-order valence-corrected chi connectivity index (χ0v) is 12.3. The molecule has 2 rings (SSSR count). The van der Waals surface area contributed by atoms with Gasteiger partial charge < -0.3 is 9.67 Å². The van der Waals surface area contributed by atoms with E-state index in [1.807, 2.05) is 4.57 Å². The van der Waals surface area contributed by atoms with Gasteiger partial charge in [-0.2, -0.15) is 0 Å². The van der Waals surface area contributed by atoms with E-state index in [-0.39, 0.29) is 12.3 Å². The number of rotatable bonds is 5. The number of nitro groups is 1. The Kier molecular flexibility index (Phi) is 4.32.